The fraction of sp³-hybridized carbons (Fsp3) is 0.455. The number of hydrogen-bond donors (Lipinski definition) is 3. The normalized spacial score (nSPS) is 13.3. The predicted molar refractivity (Wildman–Crippen MR) is 71.5 cm³/mol. The quantitative estimate of drug-likeness (QED) is 0.634. The summed E-state index contributed by atoms with van der Waals surface area (Å²) in [4.78, 5) is 0. The lowest BCUT2D eigenvalue weighted by Gasteiger charge is -2.10. The lowest BCUT2D eigenvalue weighted by molar-refractivity contribution is 0.204. The SMILES string of the molecule is COCCNS(=O)(=O)Nc1ccc(C(C)N)cc1. The summed E-state index contributed by atoms with van der Waals surface area (Å²) in [5, 5.41) is 0. The van der Waals surface area contributed by atoms with Crippen molar-refractivity contribution in [1.82, 2.24) is 4.72 Å². The van der Waals surface area contributed by atoms with Gasteiger partial charge >= 0.3 is 0 Å². The first kappa shape index (κ1) is 14.9. The summed E-state index contributed by atoms with van der Waals surface area (Å²) in [6.45, 7) is 2.42. The molecule has 0 bridgehead atoms. The Balaban J connectivity index is 2.61. The number of nitrogens with two attached hydrogens (primary N) is 1. The van der Waals surface area contributed by atoms with Crippen molar-refractivity contribution in [3.05, 3.63) is 29.8 Å². The summed E-state index contributed by atoms with van der Waals surface area (Å²) in [7, 11) is -2.04. The van der Waals surface area contributed by atoms with Gasteiger partial charge in [-0.25, -0.2) is 0 Å². The van der Waals surface area contributed by atoms with E-state index in [1.54, 1.807) is 24.3 Å². The van der Waals surface area contributed by atoms with Gasteiger partial charge in [0.1, 0.15) is 0 Å². The number of hydrogen-bond acceptors (Lipinski definition) is 4. The Kier molecular flexibility index (Phi) is 5.54. The zero-order chi connectivity index (χ0) is 13.6. The Morgan fingerprint density at radius 1 is 1.33 bits per heavy atom. The van der Waals surface area contributed by atoms with Crippen LogP contribution in [0.3, 0.4) is 0 Å². The minimum absolute atomic E-state index is 0.0736. The van der Waals surface area contributed by atoms with Crippen molar-refractivity contribution in [1.29, 1.82) is 0 Å². The third-order valence-corrected chi connectivity index (χ3v) is 3.38. The van der Waals surface area contributed by atoms with Gasteiger partial charge in [-0.2, -0.15) is 13.1 Å². The molecule has 1 rings (SSSR count). The molecule has 0 fully saturated rings. The molecule has 1 aromatic rings. The molecular weight excluding hydrogens is 254 g/mol. The van der Waals surface area contributed by atoms with Crippen LogP contribution < -0.4 is 15.2 Å². The van der Waals surface area contributed by atoms with E-state index in [2.05, 4.69) is 9.44 Å². The number of nitrogens with one attached hydrogen (secondary N) is 2. The average Bonchev–Trinajstić information content (AvgIpc) is 2.29. The highest BCUT2D eigenvalue weighted by Gasteiger charge is 2.08. The highest BCUT2D eigenvalue weighted by molar-refractivity contribution is 7.90. The van der Waals surface area contributed by atoms with Gasteiger partial charge in [-0.3, -0.25) is 4.72 Å². The van der Waals surface area contributed by atoms with Gasteiger partial charge in [0.2, 0.25) is 0 Å². The van der Waals surface area contributed by atoms with Crippen molar-refractivity contribution < 1.29 is 13.2 Å². The molecule has 0 aromatic heterocycles. The number of anilines is 1. The Hall–Kier alpha value is -1.15. The second-order valence-electron chi connectivity index (χ2n) is 3.90. The lowest BCUT2D eigenvalue weighted by atomic mass is 10.1. The monoisotopic (exact) mass is 273 g/mol. The van der Waals surface area contributed by atoms with Crippen molar-refractivity contribution in [2.75, 3.05) is 25.0 Å². The van der Waals surface area contributed by atoms with Crippen molar-refractivity contribution in [2.45, 2.75) is 13.0 Å². The molecule has 0 aliphatic rings. The maximum atomic E-state index is 11.6. The first-order valence-electron chi connectivity index (χ1n) is 5.56. The van der Waals surface area contributed by atoms with E-state index in [-0.39, 0.29) is 12.6 Å². The van der Waals surface area contributed by atoms with Crippen LogP contribution in [0, 0.1) is 0 Å². The first-order valence-corrected chi connectivity index (χ1v) is 7.05. The maximum Gasteiger partial charge on any atom is 0.299 e. The van der Waals surface area contributed by atoms with Crippen molar-refractivity contribution >= 4 is 15.9 Å². The Labute approximate surface area is 108 Å². The molecule has 0 amide bonds. The zero-order valence-corrected chi connectivity index (χ0v) is 11.3. The van der Waals surface area contributed by atoms with E-state index in [4.69, 9.17) is 10.5 Å². The molecule has 1 unspecified atom stereocenters. The largest absolute Gasteiger partial charge is 0.383 e. The fourth-order valence-electron chi connectivity index (χ4n) is 1.32. The number of ether oxygens (including phenoxy) is 1. The van der Waals surface area contributed by atoms with E-state index >= 15 is 0 Å². The van der Waals surface area contributed by atoms with E-state index in [0.29, 0.717) is 12.3 Å². The minimum Gasteiger partial charge on any atom is -0.383 e. The topological polar surface area (TPSA) is 93.4 Å². The van der Waals surface area contributed by atoms with Gasteiger partial charge in [-0.1, -0.05) is 12.1 Å². The van der Waals surface area contributed by atoms with Crippen molar-refractivity contribution in [3.63, 3.8) is 0 Å². The van der Waals surface area contributed by atoms with E-state index in [1.807, 2.05) is 6.92 Å². The van der Waals surface area contributed by atoms with Gasteiger partial charge in [-0.05, 0) is 24.6 Å². The summed E-state index contributed by atoms with van der Waals surface area (Å²) in [5.74, 6) is 0. The summed E-state index contributed by atoms with van der Waals surface area (Å²) in [6.07, 6.45) is 0. The molecule has 0 saturated heterocycles. The standard InChI is InChI=1S/C11H19N3O3S/c1-9(12)10-3-5-11(6-4-10)14-18(15,16)13-7-8-17-2/h3-6,9,13-14H,7-8,12H2,1-2H3. The summed E-state index contributed by atoms with van der Waals surface area (Å²) in [5.41, 5.74) is 7.15. The van der Waals surface area contributed by atoms with E-state index in [9.17, 15) is 8.42 Å². The number of methoxy groups -OCH3 is 1. The van der Waals surface area contributed by atoms with Crippen LogP contribution in [-0.2, 0) is 14.9 Å². The lowest BCUT2D eigenvalue weighted by Crippen LogP contribution is -2.32. The summed E-state index contributed by atoms with van der Waals surface area (Å²) < 4.78 is 32.7. The predicted octanol–water partition coefficient (Wildman–Crippen LogP) is 0.599. The van der Waals surface area contributed by atoms with Gasteiger partial charge < -0.3 is 10.5 Å². The van der Waals surface area contributed by atoms with Gasteiger partial charge in [0.25, 0.3) is 10.2 Å². The molecule has 4 N–H and O–H groups in total. The van der Waals surface area contributed by atoms with Crippen LogP contribution in [0.5, 0.6) is 0 Å². The zero-order valence-electron chi connectivity index (χ0n) is 10.5. The average molecular weight is 273 g/mol. The van der Waals surface area contributed by atoms with Gasteiger partial charge in [0.15, 0.2) is 0 Å². The minimum atomic E-state index is -3.55. The van der Waals surface area contributed by atoms with E-state index in [0.717, 1.165) is 5.56 Å². The fourth-order valence-corrected chi connectivity index (χ4v) is 2.19. The molecule has 1 aromatic carbocycles. The molecule has 102 valence electrons. The third kappa shape index (κ3) is 5.01. The maximum absolute atomic E-state index is 11.6. The van der Waals surface area contributed by atoms with E-state index < -0.39 is 10.2 Å². The second-order valence-corrected chi connectivity index (χ2v) is 5.40. The highest BCUT2D eigenvalue weighted by Crippen LogP contribution is 2.14. The third-order valence-electron chi connectivity index (χ3n) is 2.29. The van der Waals surface area contributed by atoms with Crippen LogP contribution in [0.15, 0.2) is 24.3 Å². The van der Waals surface area contributed by atoms with Crippen LogP contribution in [0.2, 0.25) is 0 Å². The molecule has 0 aliphatic carbocycles. The molecule has 1 atom stereocenters. The van der Waals surface area contributed by atoms with Gasteiger partial charge in [0, 0.05) is 25.4 Å². The second kappa shape index (κ2) is 6.69. The molecule has 7 heteroatoms. The molecule has 0 radical (unpaired) electrons. The van der Waals surface area contributed by atoms with Crippen LogP contribution >= 0.6 is 0 Å². The van der Waals surface area contributed by atoms with Crippen LogP contribution in [0.25, 0.3) is 0 Å². The van der Waals surface area contributed by atoms with Crippen molar-refractivity contribution in [3.8, 4) is 0 Å². The first-order chi connectivity index (χ1) is 8.44. The Morgan fingerprint density at radius 2 is 1.94 bits per heavy atom. The number of rotatable bonds is 7. The van der Waals surface area contributed by atoms with Gasteiger partial charge in [-0.15, -0.1) is 0 Å². The van der Waals surface area contributed by atoms with Crippen LogP contribution in [-0.4, -0.2) is 28.7 Å². The van der Waals surface area contributed by atoms with Crippen LogP contribution in [0.4, 0.5) is 5.69 Å². The number of benzene rings is 1. The summed E-state index contributed by atoms with van der Waals surface area (Å²) in [6, 6.07) is 6.85. The van der Waals surface area contributed by atoms with Crippen LogP contribution in [0.1, 0.15) is 18.5 Å². The smallest absolute Gasteiger partial charge is 0.299 e. The molecule has 0 spiro atoms. The van der Waals surface area contributed by atoms with E-state index in [1.165, 1.54) is 7.11 Å². The van der Waals surface area contributed by atoms with Gasteiger partial charge in [0.05, 0.1) is 6.61 Å². The Morgan fingerprint density at radius 3 is 2.44 bits per heavy atom. The molecule has 0 saturated carbocycles. The highest BCUT2D eigenvalue weighted by atomic mass is 32.2. The molecule has 18 heavy (non-hydrogen) atoms. The Bertz CT molecular complexity index is 457. The molecule has 6 nitrogen and oxygen atoms in total. The molecule has 0 heterocycles. The molecule has 0 aliphatic heterocycles. The van der Waals surface area contributed by atoms with Crippen molar-refractivity contribution in [2.24, 2.45) is 5.73 Å². The summed E-state index contributed by atoms with van der Waals surface area (Å²) >= 11 is 0. The molecular formula is C11H19N3O3S.